The van der Waals surface area contributed by atoms with Crippen molar-refractivity contribution in [1.29, 1.82) is 0 Å². The van der Waals surface area contributed by atoms with Gasteiger partial charge in [0.15, 0.2) is 0 Å². The van der Waals surface area contributed by atoms with Gasteiger partial charge >= 0.3 is 5.97 Å². The first kappa shape index (κ1) is 14.3. The lowest BCUT2D eigenvalue weighted by molar-refractivity contribution is -0.151. The third-order valence-electron chi connectivity index (χ3n) is 4.31. The molecule has 1 aliphatic carbocycles. The van der Waals surface area contributed by atoms with Crippen LogP contribution in [-0.2, 0) is 14.3 Å². The Morgan fingerprint density at radius 1 is 1.32 bits per heavy atom. The maximum Gasteiger partial charge on any atom is 0.326 e. The fraction of sp³-hybridized carbons (Fsp3) is 0.846. The van der Waals surface area contributed by atoms with Crippen LogP contribution in [0.5, 0.6) is 0 Å². The van der Waals surface area contributed by atoms with E-state index in [0.29, 0.717) is 25.8 Å². The minimum Gasteiger partial charge on any atom is -0.480 e. The van der Waals surface area contributed by atoms with Crippen molar-refractivity contribution in [2.45, 2.75) is 56.2 Å². The van der Waals surface area contributed by atoms with E-state index in [4.69, 9.17) is 10.5 Å². The smallest absolute Gasteiger partial charge is 0.326 e. The monoisotopic (exact) mass is 270 g/mol. The van der Waals surface area contributed by atoms with Gasteiger partial charge in [0.2, 0.25) is 5.91 Å². The van der Waals surface area contributed by atoms with Crippen LogP contribution >= 0.6 is 0 Å². The van der Waals surface area contributed by atoms with E-state index in [2.05, 4.69) is 0 Å². The second kappa shape index (κ2) is 5.46. The van der Waals surface area contributed by atoms with Crippen LogP contribution in [0.25, 0.3) is 0 Å². The van der Waals surface area contributed by atoms with Gasteiger partial charge in [-0.15, -0.1) is 0 Å². The largest absolute Gasteiger partial charge is 0.480 e. The number of aliphatic carboxylic acids is 1. The molecular weight excluding hydrogens is 248 g/mol. The number of nitrogens with zero attached hydrogens (tertiary/aromatic N) is 1. The lowest BCUT2D eigenvalue weighted by Crippen LogP contribution is -2.58. The van der Waals surface area contributed by atoms with Crippen LogP contribution in [0, 0.1) is 0 Å². The molecule has 0 spiro atoms. The van der Waals surface area contributed by atoms with Crippen LogP contribution in [0.15, 0.2) is 0 Å². The first-order chi connectivity index (χ1) is 8.98. The van der Waals surface area contributed by atoms with Crippen molar-refractivity contribution in [2.24, 2.45) is 5.73 Å². The van der Waals surface area contributed by atoms with E-state index in [1.807, 2.05) is 0 Å². The van der Waals surface area contributed by atoms with Crippen molar-refractivity contribution in [3.63, 3.8) is 0 Å². The summed E-state index contributed by atoms with van der Waals surface area (Å²) in [6, 6.07) is -0.806. The summed E-state index contributed by atoms with van der Waals surface area (Å²) in [7, 11) is 1.54. The molecule has 1 amide bonds. The molecular formula is C13H22N2O4. The number of methoxy groups -OCH3 is 1. The van der Waals surface area contributed by atoms with Gasteiger partial charge in [-0.1, -0.05) is 19.3 Å². The number of carboxylic acids is 1. The predicted octanol–water partition coefficient (Wildman–Crippen LogP) is 0.349. The molecule has 2 unspecified atom stereocenters. The van der Waals surface area contributed by atoms with Gasteiger partial charge in [0, 0.05) is 20.1 Å². The van der Waals surface area contributed by atoms with Crippen LogP contribution < -0.4 is 5.73 Å². The molecule has 0 aromatic rings. The van der Waals surface area contributed by atoms with Crippen molar-refractivity contribution in [3.05, 3.63) is 0 Å². The fourth-order valence-electron chi connectivity index (χ4n) is 3.11. The highest BCUT2D eigenvalue weighted by molar-refractivity contribution is 5.90. The summed E-state index contributed by atoms with van der Waals surface area (Å²) >= 11 is 0. The molecule has 6 heteroatoms. The van der Waals surface area contributed by atoms with Crippen LogP contribution in [0.2, 0.25) is 0 Å². The molecule has 2 atom stereocenters. The number of carbonyl (C=O) groups excluding carboxylic acids is 1. The molecule has 1 saturated carbocycles. The molecule has 2 aliphatic rings. The highest BCUT2D eigenvalue weighted by Gasteiger charge is 2.46. The Kier molecular flexibility index (Phi) is 4.10. The highest BCUT2D eigenvalue weighted by atomic mass is 16.5. The molecule has 19 heavy (non-hydrogen) atoms. The number of carbonyl (C=O) groups is 2. The maximum atomic E-state index is 12.6. The minimum absolute atomic E-state index is 0.211. The molecule has 1 saturated heterocycles. The second-order valence-corrected chi connectivity index (χ2v) is 5.62. The number of hydrogen-bond acceptors (Lipinski definition) is 4. The topological polar surface area (TPSA) is 92.9 Å². The molecule has 3 N–H and O–H groups in total. The zero-order valence-electron chi connectivity index (χ0n) is 11.3. The van der Waals surface area contributed by atoms with Crippen LogP contribution in [0.4, 0.5) is 0 Å². The SMILES string of the molecule is COC1CC(C(=O)O)N(C(=O)C2(N)CCCCC2)C1. The summed E-state index contributed by atoms with van der Waals surface area (Å²) < 4.78 is 5.19. The molecule has 6 nitrogen and oxygen atoms in total. The van der Waals surface area contributed by atoms with E-state index >= 15 is 0 Å². The Hall–Kier alpha value is -1.14. The van der Waals surface area contributed by atoms with Gasteiger partial charge in [-0.3, -0.25) is 4.79 Å². The Labute approximate surface area is 112 Å². The number of likely N-dealkylation sites (tertiary alicyclic amines) is 1. The Morgan fingerprint density at radius 2 is 1.95 bits per heavy atom. The average molecular weight is 270 g/mol. The normalized spacial score (nSPS) is 30.3. The van der Waals surface area contributed by atoms with E-state index in [9.17, 15) is 14.7 Å². The third kappa shape index (κ3) is 2.74. The van der Waals surface area contributed by atoms with E-state index in [-0.39, 0.29) is 12.0 Å². The number of nitrogens with two attached hydrogens (primary N) is 1. The standard InChI is InChI=1S/C13H22N2O4/c1-19-9-7-10(11(16)17)15(8-9)12(18)13(14)5-3-2-4-6-13/h9-10H,2-8,14H2,1H3,(H,16,17). The van der Waals surface area contributed by atoms with E-state index in [0.717, 1.165) is 19.3 Å². The molecule has 0 aromatic carbocycles. The molecule has 2 rings (SSSR count). The first-order valence-electron chi connectivity index (χ1n) is 6.83. The first-order valence-corrected chi connectivity index (χ1v) is 6.83. The van der Waals surface area contributed by atoms with Gasteiger partial charge < -0.3 is 20.5 Å². The van der Waals surface area contributed by atoms with Crippen molar-refractivity contribution in [2.75, 3.05) is 13.7 Å². The van der Waals surface area contributed by atoms with E-state index < -0.39 is 17.6 Å². The zero-order chi connectivity index (χ0) is 14.0. The van der Waals surface area contributed by atoms with Crippen molar-refractivity contribution in [1.82, 2.24) is 4.90 Å². The Bertz CT molecular complexity index is 366. The fourth-order valence-corrected chi connectivity index (χ4v) is 3.11. The van der Waals surface area contributed by atoms with Crippen molar-refractivity contribution >= 4 is 11.9 Å². The van der Waals surface area contributed by atoms with Gasteiger partial charge in [0.25, 0.3) is 0 Å². The van der Waals surface area contributed by atoms with Crippen LogP contribution in [-0.4, -0.2) is 53.2 Å². The Morgan fingerprint density at radius 3 is 2.47 bits per heavy atom. The highest BCUT2D eigenvalue weighted by Crippen LogP contribution is 2.31. The third-order valence-corrected chi connectivity index (χ3v) is 4.31. The molecule has 1 aliphatic heterocycles. The summed E-state index contributed by atoms with van der Waals surface area (Å²) in [5, 5.41) is 9.24. The summed E-state index contributed by atoms with van der Waals surface area (Å²) in [6.45, 7) is 0.325. The molecule has 108 valence electrons. The summed E-state index contributed by atoms with van der Waals surface area (Å²) in [5.74, 6) is -1.20. The molecule has 1 heterocycles. The lowest BCUT2D eigenvalue weighted by Gasteiger charge is -2.36. The van der Waals surface area contributed by atoms with Gasteiger partial charge in [-0.2, -0.15) is 0 Å². The van der Waals surface area contributed by atoms with Crippen molar-refractivity contribution in [3.8, 4) is 0 Å². The number of amides is 1. The molecule has 0 radical (unpaired) electrons. The molecule has 0 bridgehead atoms. The predicted molar refractivity (Wildman–Crippen MR) is 68.6 cm³/mol. The summed E-state index contributed by atoms with van der Waals surface area (Å²) in [4.78, 5) is 25.3. The van der Waals surface area contributed by atoms with Crippen LogP contribution in [0.1, 0.15) is 38.5 Å². The number of ether oxygens (including phenoxy) is 1. The average Bonchev–Trinajstić information content (AvgIpc) is 2.83. The molecule has 0 aromatic heterocycles. The quantitative estimate of drug-likeness (QED) is 0.772. The maximum absolute atomic E-state index is 12.6. The number of hydrogen-bond donors (Lipinski definition) is 2. The van der Waals surface area contributed by atoms with E-state index in [1.54, 1.807) is 0 Å². The van der Waals surface area contributed by atoms with Crippen molar-refractivity contribution < 1.29 is 19.4 Å². The Balaban J connectivity index is 2.14. The summed E-state index contributed by atoms with van der Waals surface area (Å²) in [5.41, 5.74) is 5.33. The lowest BCUT2D eigenvalue weighted by atomic mass is 9.81. The van der Waals surface area contributed by atoms with Gasteiger partial charge in [-0.25, -0.2) is 4.79 Å². The number of carboxylic acid groups (broad SMARTS) is 1. The van der Waals surface area contributed by atoms with Crippen LogP contribution in [0.3, 0.4) is 0 Å². The molecule has 2 fully saturated rings. The van der Waals surface area contributed by atoms with Gasteiger partial charge in [0.05, 0.1) is 11.6 Å². The van der Waals surface area contributed by atoms with E-state index in [1.165, 1.54) is 12.0 Å². The minimum atomic E-state index is -0.979. The second-order valence-electron chi connectivity index (χ2n) is 5.62. The van der Waals surface area contributed by atoms with Gasteiger partial charge in [-0.05, 0) is 12.8 Å². The van der Waals surface area contributed by atoms with Gasteiger partial charge in [0.1, 0.15) is 6.04 Å². The summed E-state index contributed by atoms with van der Waals surface area (Å²) in [6.07, 6.45) is 4.38. The number of rotatable bonds is 3. The zero-order valence-corrected chi connectivity index (χ0v) is 11.3.